The number of amidine groups is 1. The fraction of sp³-hybridized carbons (Fsp3) is 0.417. The van der Waals surface area contributed by atoms with Crippen molar-refractivity contribution in [3.8, 4) is 0 Å². The number of nitrogens with one attached hydrogen (secondary N) is 5. The van der Waals surface area contributed by atoms with Gasteiger partial charge in [-0.05, 0) is 49.4 Å². The predicted molar refractivity (Wildman–Crippen MR) is 128 cm³/mol. The predicted octanol–water partition coefficient (Wildman–Crippen LogP) is 2.60. The molecule has 1 aromatic carbocycles. The summed E-state index contributed by atoms with van der Waals surface area (Å²) in [6.45, 7) is 6.07. The highest BCUT2D eigenvalue weighted by Gasteiger charge is 2.25. The Balaban J connectivity index is 1.43. The van der Waals surface area contributed by atoms with E-state index < -0.39 is 0 Å². The van der Waals surface area contributed by atoms with Crippen LogP contribution in [0.25, 0.3) is 5.70 Å². The van der Waals surface area contributed by atoms with Crippen molar-refractivity contribution < 1.29 is 4.74 Å². The summed E-state index contributed by atoms with van der Waals surface area (Å²) in [5.41, 5.74) is 14.5. The quantitative estimate of drug-likeness (QED) is 0.478. The zero-order valence-corrected chi connectivity index (χ0v) is 18.7. The van der Waals surface area contributed by atoms with Gasteiger partial charge in [-0.15, -0.1) is 0 Å². The average molecular weight is 434 g/mol. The topological polar surface area (TPSA) is 94.6 Å². The fourth-order valence-corrected chi connectivity index (χ4v) is 4.63. The highest BCUT2D eigenvalue weighted by atomic mass is 16.5. The molecule has 1 saturated heterocycles. The molecule has 4 heterocycles. The van der Waals surface area contributed by atoms with Gasteiger partial charge >= 0.3 is 0 Å². The molecule has 0 spiro atoms. The summed E-state index contributed by atoms with van der Waals surface area (Å²) >= 11 is 0. The maximum Gasteiger partial charge on any atom is 0.136 e. The molecule has 8 heteroatoms. The third-order valence-corrected chi connectivity index (χ3v) is 6.38. The van der Waals surface area contributed by atoms with Crippen molar-refractivity contribution in [3.63, 3.8) is 0 Å². The highest BCUT2D eigenvalue weighted by molar-refractivity contribution is 6.08. The summed E-state index contributed by atoms with van der Waals surface area (Å²) in [5, 5.41) is 10.5. The smallest absolute Gasteiger partial charge is 0.136 e. The number of hydrogen-bond donors (Lipinski definition) is 5. The zero-order valence-electron chi connectivity index (χ0n) is 18.7. The minimum atomic E-state index is 0.515. The molecule has 0 amide bonds. The van der Waals surface area contributed by atoms with Gasteiger partial charge in [0.2, 0.25) is 0 Å². The summed E-state index contributed by atoms with van der Waals surface area (Å²) in [6.07, 6.45) is 4.14. The Hall–Kier alpha value is -3.10. The summed E-state index contributed by atoms with van der Waals surface area (Å²) in [5.74, 6) is 2.21. The minimum Gasteiger partial charge on any atom is -0.388 e. The highest BCUT2D eigenvalue weighted by Crippen LogP contribution is 2.33. The van der Waals surface area contributed by atoms with Gasteiger partial charge in [-0.3, -0.25) is 4.99 Å². The van der Waals surface area contributed by atoms with E-state index in [4.69, 9.17) is 9.73 Å². The van der Waals surface area contributed by atoms with E-state index in [9.17, 15) is 0 Å². The van der Waals surface area contributed by atoms with Crippen LogP contribution in [0.3, 0.4) is 0 Å². The van der Waals surface area contributed by atoms with Crippen molar-refractivity contribution in [2.24, 2.45) is 10.9 Å². The normalized spacial score (nSPS) is 20.2. The monoisotopic (exact) mass is 433 g/mol. The van der Waals surface area contributed by atoms with Crippen molar-refractivity contribution in [2.75, 3.05) is 44.1 Å². The zero-order chi connectivity index (χ0) is 21.9. The van der Waals surface area contributed by atoms with E-state index >= 15 is 0 Å². The summed E-state index contributed by atoms with van der Waals surface area (Å²) in [4.78, 5) is 9.48. The Kier molecular flexibility index (Phi) is 5.96. The van der Waals surface area contributed by atoms with Crippen LogP contribution < -0.4 is 26.8 Å². The molecule has 168 valence electrons. The van der Waals surface area contributed by atoms with Gasteiger partial charge in [0.25, 0.3) is 0 Å². The van der Waals surface area contributed by atoms with Gasteiger partial charge in [0.05, 0.1) is 35.8 Å². The van der Waals surface area contributed by atoms with Crippen LogP contribution in [0.15, 0.2) is 41.2 Å². The molecule has 2 aromatic rings. The van der Waals surface area contributed by atoms with Gasteiger partial charge in [-0.1, -0.05) is 6.07 Å². The van der Waals surface area contributed by atoms with Gasteiger partial charge in [-0.2, -0.15) is 0 Å². The van der Waals surface area contributed by atoms with Crippen LogP contribution in [0.2, 0.25) is 0 Å². The number of aromatic nitrogens is 1. The number of likely N-dealkylation sites (N-methyl/N-ethyl adjacent to an activating group) is 1. The Labute approximate surface area is 188 Å². The Morgan fingerprint density at radius 3 is 3.03 bits per heavy atom. The Morgan fingerprint density at radius 2 is 2.19 bits per heavy atom. The lowest BCUT2D eigenvalue weighted by Crippen LogP contribution is -2.34. The number of rotatable bonds is 6. The number of hydrazine groups is 1. The van der Waals surface area contributed by atoms with Crippen LogP contribution in [0.4, 0.5) is 11.5 Å². The lowest BCUT2D eigenvalue weighted by Gasteiger charge is -2.26. The van der Waals surface area contributed by atoms with E-state index in [1.807, 2.05) is 19.3 Å². The number of nitrogens with zero attached hydrogens (tertiary/aromatic N) is 2. The van der Waals surface area contributed by atoms with E-state index in [-0.39, 0.29) is 0 Å². The van der Waals surface area contributed by atoms with Crippen molar-refractivity contribution in [1.29, 1.82) is 0 Å². The Morgan fingerprint density at radius 1 is 1.25 bits per heavy atom. The van der Waals surface area contributed by atoms with E-state index in [0.29, 0.717) is 12.5 Å². The molecule has 1 fully saturated rings. The molecule has 3 aliphatic rings. The van der Waals surface area contributed by atoms with E-state index in [1.165, 1.54) is 23.1 Å². The van der Waals surface area contributed by atoms with Crippen molar-refractivity contribution in [1.82, 2.24) is 21.0 Å². The number of pyridine rings is 1. The van der Waals surface area contributed by atoms with Gasteiger partial charge in [0, 0.05) is 44.1 Å². The first kappa shape index (κ1) is 20.8. The molecule has 0 saturated carbocycles. The summed E-state index contributed by atoms with van der Waals surface area (Å²) in [6, 6.07) is 8.32. The lowest BCUT2D eigenvalue weighted by atomic mass is 9.95. The van der Waals surface area contributed by atoms with Gasteiger partial charge in [0.15, 0.2) is 0 Å². The van der Waals surface area contributed by atoms with Gasteiger partial charge in [-0.25, -0.2) is 10.4 Å². The maximum atomic E-state index is 5.63. The largest absolute Gasteiger partial charge is 0.388 e. The second-order valence-electron chi connectivity index (χ2n) is 8.52. The van der Waals surface area contributed by atoms with E-state index in [2.05, 4.69) is 56.9 Å². The van der Waals surface area contributed by atoms with Crippen LogP contribution in [-0.4, -0.2) is 44.2 Å². The number of fused-ring (bicyclic) bond motifs is 1. The molecule has 5 N–H and O–H groups in total. The first-order chi connectivity index (χ1) is 15.7. The molecule has 1 atom stereocenters. The molecule has 8 nitrogen and oxygen atoms in total. The number of hydrogen-bond acceptors (Lipinski definition) is 8. The third-order valence-electron chi connectivity index (χ3n) is 6.38. The second-order valence-corrected chi connectivity index (χ2v) is 8.52. The average Bonchev–Trinajstić information content (AvgIpc) is 3.32. The SMILES string of the molecule is CNC1=C(c2c(C)ccc3c2CNN3)NC(c2cccnc2NC[C@@H]2CCCOC2)=NC1. The standard InChI is InChI=1S/C24H31N7O/c1-15-7-8-19-18(12-29-31-19)21(15)22-20(25-2)13-28-24(30-22)17-6-3-9-26-23(17)27-11-16-5-4-10-32-14-16/h3,6-9,16,25,29,31H,4-5,10-14H2,1-2H3,(H,26,27)(H,28,30)/t16-/m0/s1. The van der Waals surface area contributed by atoms with Gasteiger partial charge in [0.1, 0.15) is 11.7 Å². The molecule has 5 rings (SSSR count). The molecule has 32 heavy (non-hydrogen) atoms. The van der Waals surface area contributed by atoms with Crippen LogP contribution in [0.5, 0.6) is 0 Å². The number of benzene rings is 1. The summed E-state index contributed by atoms with van der Waals surface area (Å²) in [7, 11) is 1.95. The fourth-order valence-electron chi connectivity index (χ4n) is 4.63. The second kappa shape index (κ2) is 9.18. The molecular weight excluding hydrogens is 402 g/mol. The van der Waals surface area contributed by atoms with Crippen LogP contribution >= 0.6 is 0 Å². The maximum absolute atomic E-state index is 5.63. The number of aliphatic imine (C=N–C) groups is 1. The number of ether oxygens (including phenoxy) is 1. The molecular formula is C24H31N7O. The molecule has 0 unspecified atom stereocenters. The third kappa shape index (κ3) is 4.03. The first-order valence-corrected chi connectivity index (χ1v) is 11.4. The molecule has 1 aromatic heterocycles. The van der Waals surface area contributed by atoms with Crippen molar-refractivity contribution >= 4 is 23.0 Å². The lowest BCUT2D eigenvalue weighted by molar-refractivity contribution is 0.0595. The van der Waals surface area contributed by atoms with Crippen molar-refractivity contribution in [3.05, 3.63) is 58.4 Å². The van der Waals surface area contributed by atoms with E-state index in [0.717, 1.165) is 67.0 Å². The van der Waals surface area contributed by atoms with E-state index in [1.54, 1.807) is 0 Å². The molecule has 3 aliphatic heterocycles. The summed E-state index contributed by atoms with van der Waals surface area (Å²) < 4.78 is 5.63. The van der Waals surface area contributed by atoms with Crippen LogP contribution in [0, 0.1) is 12.8 Å². The first-order valence-electron chi connectivity index (χ1n) is 11.4. The van der Waals surface area contributed by atoms with Crippen molar-refractivity contribution in [2.45, 2.75) is 26.3 Å². The molecule has 0 aliphatic carbocycles. The molecule has 0 radical (unpaired) electrons. The number of anilines is 2. The number of aryl methyl sites for hydroxylation is 1. The minimum absolute atomic E-state index is 0.515. The Bertz CT molecular complexity index is 1060. The van der Waals surface area contributed by atoms with Gasteiger partial charge < -0.3 is 26.1 Å². The van der Waals surface area contributed by atoms with Crippen LogP contribution in [-0.2, 0) is 11.3 Å². The molecule has 0 bridgehead atoms. The van der Waals surface area contributed by atoms with Crippen LogP contribution in [0.1, 0.15) is 35.1 Å².